The molecule has 3 aromatic carbocycles. The van der Waals surface area contributed by atoms with E-state index in [1.165, 1.54) is 12.1 Å². The predicted octanol–water partition coefficient (Wildman–Crippen LogP) is 5.17. The average Bonchev–Trinajstić information content (AvgIpc) is 3.62. The van der Waals surface area contributed by atoms with Gasteiger partial charge in [-0.05, 0) is 55.2 Å². The van der Waals surface area contributed by atoms with Crippen LogP contribution in [0, 0.1) is 11.7 Å². The molecule has 4 aromatic rings. The fourth-order valence-electron chi connectivity index (χ4n) is 3.95. The highest BCUT2D eigenvalue weighted by atomic mass is 19.1. The summed E-state index contributed by atoms with van der Waals surface area (Å²) >= 11 is 0. The third-order valence-electron chi connectivity index (χ3n) is 5.95. The van der Waals surface area contributed by atoms with Crippen LogP contribution in [0.25, 0.3) is 16.9 Å². The zero-order valence-electron chi connectivity index (χ0n) is 19.1. The fourth-order valence-corrected chi connectivity index (χ4v) is 3.95. The van der Waals surface area contributed by atoms with Crippen LogP contribution in [-0.4, -0.2) is 39.4 Å². The zero-order chi connectivity index (χ0) is 24.2. The lowest BCUT2D eigenvalue weighted by atomic mass is 10.2. The standard InChI is InChI=1S/C28H25FN4O2/c29-23-13-15-24(16-14-23)33-18-25(21-7-3-1-4-8-21)30-28(33)31-26(34)19-32(17-20-11-12-20)27(35)22-9-5-2-6-10-22/h1-10,13-16,18,20H,11-12,17,19H2,(H,30,31,34). The Bertz CT molecular complexity index is 1320. The van der Waals surface area contributed by atoms with E-state index >= 15 is 0 Å². The van der Waals surface area contributed by atoms with Crippen LogP contribution in [0.4, 0.5) is 10.3 Å². The summed E-state index contributed by atoms with van der Waals surface area (Å²) in [6, 6.07) is 24.6. The van der Waals surface area contributed by atoms with Crippen molar-refractivity contribution in [2.45, 2.75) is 12.8 Å². The number of nitrogens with zero attached hydrogens (tertiary/aromatic N) is 3. The van der Waals surface area contributed by atoms with Crippen molar-refractivity contribution in [2.24, 2.45) is 5.92 Å². The molecule has 7 heteroatoms. The molecule has 0 spiro atoms. The van der Waals surface area contributed by atoms with Crippen molar-refractivity contribution in [3.05, 3.63) is 103 Å². The highest BCUT2D eigenvalue weighted by Crippen LogP contribution is 2.30. The van der Waals surface area contributed by atoms with Crippen molar-refractivity contribution in [1.82, 2.24) is 14.5 Å². The minimum atomic E-state index is -0.349. The van der Waals surface area contributed by atoms with E-state index in [0.717, 1.165) is 18.4 Å². The topological polar surface area (TPSA) is 67.2 Å². The van der Waals surface area contributed by atoms with Crippen molar-refractivity contribution in [3.8, 4) is 16.9 Å². The molecule has 6 nitrogen and oxygen atoms in total. The Kier molecular flexibility index (Phi) is 6.39. The lowest BCUT2D eigenvalue weighted by Gasteiger charge is -2.22. The highest BCUT2D eigenvalue weighted by molar-refractivity contribution is 5.99. The van der Waals surface area contributed by atoms with E-state index in [4.69, 9.17) is 0 Å². The van der Waals surface area contributed by atoms with Crippen LogP contribution < -0.4 is 5.32 Å². The second kappa shape index (κ2) is 9.93. The van der Waals surface area contributed by atoms with Gasteiger partial charge in [-0.3, -0.25) is 19.5 Å². The molecule has 1 heterocycles. The Morgan fingerprint density at radius 2 is 1.60 bits per heavy atom. The summed E-state index contributed by atoms with van der Waals surface area (Å²) in [7, 11) is 0. The zero-order valence-corrected chi connectivity index (χ0v) is 19.1. The maximum absolute atomic E-state index is 13.5. The second-order valence-electron chi connectivity index (χ2n) is 8.71. The first kappa shape index (κ1) is 22.5. The van der Waals surface area contributed by atoms with Crippen molar-refractivity contribution in [2.75, 3.05) is 18.4 Å². The molecule has 1 N–H and O–H groups in total. The van der Waals surface area contributed by atoms with E-state index in [1.54, 1.807) is 39.9 Å². The number of halogens is 1. The van der Waals surface area contributed by atoms with E-state index in [9.17, 15) is 14.0 Å². The van der Waals surface area contributed by atoms with Gasteiger partial charge in [-0.25, -0.2) is 9.37 Å². The largest absolute Gasteiger partial charge is 0.329 e. The fraction of sp³-hybridized carbons (Fsp3) is 0.179. The molecule has 176 valence electrons. The van der Waals surface area contributed by atoms with Gasteiger partial charge in [0.05, 0.1) is 5.69 Å². The first-order valence-corrected chi connectivity index (χ1v) is 11.6. The van der Waals surface area contributed by atoms with Crippen LogP contribution in [0.2, 0.25) is 0 Å². The molecule has 2 amide bonds. The van der Waals surface area contributed by atoms with Gasteiger partial charge in [-0.15, -0.1) is 0 Å². The van der Waals surface area contributed by atoms with Crippen LogP contribution in [0.15, 0.2) is 91.1 Å². The second-order valence-corrected chi connectivity index (χ2v) is 8.71. The molecule has 1 saturated carbocycles. The van der Waals surface area contributed by atoms with E-state index in [2.05, 4.69) is 10.3 Å². The van der Waals surface area contributed by atoms with Gasteiger partial charge in [-0.1, -0.05) is 48.5 Å². The van der Waals surface area contributed by atoms with Gasteiger partial charge in [0.2, 0.25) is 11.9 Å². The van der Waals surface area contributed by atoms with Crippen LogP contribution in [0.5, 0.6) is 0 Å². The van der Waals surface area contributed by atoms with E-state index in [0.29, 0.717) is 35.4 Å². The summed E-state index contributed by atoms with van der Waals surface area (Å²) in [5.74, 6) is -0.124. The van der Waals surface area contributed by atoms with Crippen LogP contribution >= 0.6 is 0 Å². The quantitative estimate of drug-likeness (QED) is 0.388. The van der Waals surface area contributed by atoms with Crippen molar-refractivity contribution in [3.63, 3.8) is 0 Å². The number of carbonyl (C=O) groups is 2. The molecule has 5 rings (SSSR count). The third kappa shape index (κ3) is 5.46. The number of carbonyl (C=O) groups excluding carboxylic acids is 2. The molecular weight excluding hydrogens is 443 g/mol. The molecule has 0 unspecified atom stereocenters. The first-order chi connectivity index (χ1) is 17.1. The molecular formula is C28H25FN4O2. The van der Waals surface area contributed by atoms with Crippen molar-refractivity contribution < 1.29 is 14.0 Å². The van der Waals surface area contributed by atoms with Gasteiger partial charge in [0, 0.05) is 29.6 Å². The number of anilines is 1. The molecule has 35 heavy (non-hydrogen) atoms. The number of hydrogen-bond donors (Lipinski definition) is 1. The highest BCUT2D eigenvalue weighted by Gasteiger charge is 2.29. The maximum Gasteiger partial charge on any atom is 0.254 e. The molecule has 0 atom stereocenters. The van der Waals surface area contributed by atoms with Crippen molar-refractivity contribution >= 4 is 17.8 Å². The molecule has 0 saturated heterocycles. The number of rotatable bonds is 8. The lowest BCUT2D eigenvalue weighted by Crippen LogP contribution is -2.39. The van der Waals surface area contributed by atoms with E-state index in [1.807, 2.05) is 48.5 Å². The number of imidazole rings is 1. The normalized spacial score (nSPS) is 12.8. The van der Waals surface area contributed by atoms with E-state index < -0.39 is 0 Å². The summed E-state index contributed by atoms with van der Waals surface area (Å²) < 4.78 is 15.2. The van der Waals surface area contributed by atoms with Gasteiger partial charge in [0.1, 0.15) is 12.4 Å². The van der Waals surface area contributed by atoms with Gasteiger partial charge in [0.15, 0.2) is 0 Å². The smallest absolute Gasteiger partial charge is 0.254 e. The summed E-state index contributed by atoms with van der Waals surface area (Å²) in [6.45, 7) is 0.462. The Morgan fingerprint density at radius 1 is 0.943 bits per heavy atom. The Morgan fingerprint density at radius 3 is 2.26 bits per heavy atom. The minimum absolute atomic E-state index is 0.0822. The van der Waals surface area contributed by atoms with Gasteiger partial charge < -0.3 is 4.90 Å². The summed E-state index contributed by atoms with van der Waals surface area (Å²) in [5, 5.41) is 2.87. The number of nitrogens with one attached hydrogen (secondary N) is 1. The number of benzene rings is 3. The summed E-state index contributed by atoms with van der Waals surface area (Å²) in [6.07, 6.45) is 3.93. The van der Waals surface area contributed by atoms with Crippen molar-refractivity contribution in [1.29, 1.82) is 0 Å². The average molecular weight is 469 g/mol. The number of hydrogen-bond acceptors (Lipinski definition) is 3. The SMILES string of the molecule is O=C(CN(CC1CC1)C(=O)c1ccccc1)Nc1nc(-c2ccccc2)cn1-c1ccc(F)cc1. The molecule has 0 radical (unpaired) electrons. The number of aromatic nitrogens is 2. The third-order valence-corrected chi connectivity index (χ3v) is 5.95. The minimum Gasteiger partial charge on any atom is -0.329 e. The van der Waals surface area contributed by atoms with Crippen LogP contribution in [0.3, 0.4) is 0 Å². The van der Waals surface area contributed by atoms with Gasteiger partial charge >= 0.3 is 0 Å². The first-order valence-electron chi connectivity index (χ1n) is 11.6. The predicted molar refractivity (Wildman–Crippen MR) is 133 cm³/mol. The monoisotopic (exact) mass is 468 g/mol. The molecule has 1 aliphatic rings. The summed E-state index contributed by atoms with van der Waals surface area (Å²) in [5.41, 5.74) is 2.77. The Labute approximate surface area is 203 Å². The van der Waals surface area contributed by atoms with E-state index in [-0.39, 0.29) is 24.2 Å². The van der Waals surface area contributed by atoms with Gasteiger partial charge in [-0.2, -0.15) is 0 Å². The maximum atomic E-state index is 13.5. The molecule has 0 aliphatic heterocycles. The molecule has 0 bridgehead atoms. The lowest BCUT2D eigenvalue weighted by molar-refractivity contribution is -0.117. The Hall–Kier alpha value is -4.26. The van der Waals surface area contributed by atoms with Crippen LogP contribution in [-0.2, 0) is 4.79 Å². The molecule has 1 aromatic heterocycles. The molecule has 1 aliphatic carbocycles. The molecule has 1 fully saturated rings. The Balaban J connectivity index is 1.40. The van der Waals surface area contributed by atoms with Crippen LogP contribution in [0.1, 0.15) is 23.2 Å². The summed E-state index contributed by atoms with van der Waals surface area (Å²) in [4.78, 5) is 32.5. The van der Waals surface area contributed by atoms with Gasteiger partial charge in [0.25, 0.3) is 5.91 Å². The number of amides is 2.